The van der Waals surface area contributed by atoms with Crippen LogP contribution >= 0.6 is 0 Å². The summed E-state index contributed by atoms with van der Waals surface area (Å²) >= 11 is 0. The first-order chi connectivity index (χ1) is 4.81. The van der Waals surface area contributed by atoms with E-state index in [1.54, 1.807) is 0 Å². The van der Waals surface area contributed by atoms with E-state index in [0.29, 0.717) is 0 Å². The summed E-state index contributed by atoms with van der Waals surface area (Å²) in [6.07, 6.45) is -1.00. The average Bonchev–Trinajstić information content (AvgIpc) is 1.49. The Morgan fingerprint density at radius 1 is 1.36 bits per heavy atom. The van der Waals surface area contributed by atoms with Crippen LogP contribution < -0.4 is 0 Å². The van der Waals surface area contributed by atoms with E-state index in [0.717, 1.165) is 0 Å². The van der Waals surface area contributed by atoms with Crippen molar-refractivity contribution in [2.75, 3.05) is 5.08 Å². The first kappa shape index (κ1) is 8.98. The van der Waals surface area contributed by atoms with E-state index in [2.05, 4.69) is 14.2 Å². The second-order valence-electron chi connectivity index (χ2n) is 2.18. The van der Waals surface area contributed by atoms with Gasteiger partial charge in [0.05, 0.1) is 9.80 Å². The Labute approximate surface area is 65.6 Å². The van der Waals surface area contributed by atoms with Crippen molar-refractivity contribution < 1.29 is 21.0 Å². The fourth-order valence-electron chi connectivity index (χ4n) is 0.745. The van der Waals surface area contributed by atoms with Crippen molar-refractivity contribution in [3.63, 3.8) is 0 Å². The lowest BCUT2D eigenvalue weighted by molar-refractivity contribution is 0.0339. The molecule has 7 heteroatoms. The van der Waals surface area contributed by atoms with Gasteiger partial charge in [-0.3, -0.25) is 4.18 Å². The smallest absolute Gasteiger partial charge is 0.264 e. The van der Waals surface area contributed by atoms with Gasteiger partial charge in [-0.2, -0.15) is 8.42 Å². The summed E-state index contributed by atoms with van der Waals surface area (Å²) in [6.45, 7) is 1.35. The van der Waals surface area contributed by atoms with Crippen molar-refractivity contribution >= 4 is 25.8 Å². The van der Waals surface area contributed by atoms with Crippen molar-refractivity contribution in [2.45, 2.75) is 13.2 Å². The largest absolute Gasteiger partial charge is 0.283 e. The van der Waals surface area contributed by atoms with E-state index in [9.17, 15) is 12.6 Å². The minimum Gasteiger partial charge on any atom is -0.264 e. The molecule has 1 heterocycles. The van der Waals surface area contributed by atoms with E-state index >= 15 is 0 Å². The molecule has 1 aliphatic heterocycles. The molecule has 0 aliphatic carbocycles. The number of hydrogen-bond donors (Lipinski definition) is 0. The van der Waals surface area contributed by atoms with Crippen LogP contribution in [0.2, 0.25) is 0 Å². The summed E-state index contributed by atoms with van der Waals surface area (Å²) in [5.41, 5.74) is 0. The van der Waals surface area contributed by atoms with Crippen molar-refractivity contribution in [3.8, 4) is 0 Å². The van der Waals surface area contributed by atoms with Gasteiger partial charge < -0.3 is 0 Å². The van der Waals surface area contributed by atoms with Gasteiger partial charge in [0, 0.05) is 0 Å². The first-order valence-corrected chi connectivity index (χ1v) is 6.15. The molecule has 2 atom stereocenters. The van der Waals surface area contributed by atoms with Gasteiger partial charge in [0.1, 0.15) is 0 Å². The summed E-state index contributed by atoms with van der Waals surface area (Å²) in [5, 5.41) is -0.662. The van der Waals surface area contributed by atoms with Gasteiger partial charge >= 0.3 is 0 Å². The summed E-state index contributed by atoms with van der Waals surface area (Å²) in [7, 11) is -6.66. The third-order valence-electron chi connectivity index (χ3n) is 0.917. The van der Waals surface area contributed by atoms with Crippen LogP contribution in [0.15, 0.2) is 0 Å². The molecule has 5 nitrogen and oxygen atoms in total. The lowest BCUT2D eigenvalue weighted by Gasteiger charge is -2.21. The molecular formula is C4H8O5S2. The fourth-order valence-corrected chi connectivity index (χ4v) is 3.98. The molecule has 0 aromatic heterocycles. The fraction of sp³-hybridized carbons (Fsp3) is 0.750. The molecule has 0 saturated carbocycles. The van der Waals surface area contributed by atoms with Crippen molar-refractivity contribution in [2.24, 2.45) is 0 Å². The van der Waals surface area contributed by atoms with E-state index in [-0.39, 0.29) is 0 Å². The van der Waals surface area contributed by atoms with Gasteiger partial charge in [-0.1, -0.05) is 0 Å². The van der Waals surface area contributed by atoms with Gasteiger partial charge in [0.25, 0.3) is 10.1 Å². The molecule has 2 unspecified atom stereocenters. The van der Waals surface area contributed by atoms with Crippen molar-refractivity contribution in [1.29, 1.82) is 0 Å². The zero-order valence-electron chi connectivity index (χ0n) is 5.85. The Hall–Kier alpha value is -0.110. The molecule has 1 rings (SSSR count). The highest BCUT2D eigenvalue weighted by Crippen LogP contribution is 2.15. The van der Waals surface area contributed by atoms with Crippen LogP contribution in [0.3, 0.4) is 0 Å². The molecule has 0 radical (unpaired) electrons. The quantitative estimate of drug-likeness (QED) is 0.382. The molecule has 11 heavy (non-hydrogen) atoms. The molecule has 0 spiro atoms. The molecule has 66 valence electrons. The van der Waals surface area contributed by atoms with Crippen LogP contribution in [0.1, 0.15) is 6.92 Å². The minimum absolute atomic E-state index is 0.662. The van der Waals surface area contributed by atoms with E-state index in [1.807, 2.05) is 0 Å². The molecule has 0 N–H and O–H groups in total. The standard InChI is InChI=1S/C4H8O5S2/c1-4-8-10(2,5)3-11(6,7)9-4/h4H,2-3H2,1H3. The highest BCUT2D eigenvalue weighted by Gasteiger charge is 2.30. The lowest BCUT2D eigenvalue weighted by atomic mass is 10.8. The molecule has 0 bridgehead atoms. The van der Waals surface area contributed by atoms with Crippen LogP contribution in [0.25, 0.3) is 0 Å². The third kappa shape index (κ3) is 2.44. The van der Waals surface area contributed by atoms with Gasteiger partial charge in [0.15, 0.2) is 11.4 Å². The maximum atomic E-state index is 11.0. The van der Waals surface area contributed by atoms with E-state index < -0.39 is 31.3 Å². The highest BCUT2D eigenvalue weighted by molar-refractivity contribution is 8.08. The maximum absolute atomic E-state index is 11.0. The van der Waals surface area contributed by atoms with E-state index in [1.165, 1.54) is 6.92 Å². The Bertz CT molecular complexity index is 303. The average molecular weight is 200 g/mol. The number of rotatable bonds is 0. The predicted octanol–water partition coefficient (Wildman–Crippen LogP) is -0.702. The van der Waals surface area contributed by atoms with Gasteiger partial charge in [-0.15, -0.1) is 0 Å². The molecule has 1 fully saturated rings. The summed E-state index contributed by atoms with van der Waals surface area (Å²) in [5.74, 6) is 3.12. The lowest BCUT2D eigenvalue weighted by Crippen LogP contribution is -2.33. The highest BCUT2D eigenvalue weighted by atomic mass is 32.3. The minimum atomic E-state index is -3.70. The Morgan fingerprint density at radius 3 is 2.27 bits per heavy atom. The monoisotopic (exact) mass is 200 g/mol. The van der Waals surface area contributed by atoms with Gasteiger partial charge in [-0.05, 0) is 12.8 Å². The molecular weight excluding hydrogens is 192 g/mol. The van der Waals surface area contributed by atoms with Crippen molar-refractivity contribution in [3.05, 3.63) is 0 Å². The molecule has 0 amide bonds. The van der Waals surface area contributed by atoms with Gasteiger partial charge in [-0.25, -0.2) is 8.39 Å². The molecule has 1 saturated heterocycles. The normalized spacial score (nSPS) is 43.5. The molecule has 1 aliphatic rings. The third-order valence-corrected chi connectivity index (χ3v) is 4.69. The predicted molar refractivity (Wildman–Crippen MR) is 40.7 cm³/mol. The Kier molecular flexibility index (Phi) is 1.99. The SMILES string of the molecule is C=S1(=O)CS(=O)(=O)OC(C)O1. The maximum Gasteiger partial charge on any atom is 0.283 e. The van der Waals surface area contributed by atoms with Crippen LogP contribution in [-0.2, 0) is 28.3 Å². The van der Waals surface area contributed by atoms with Gasteiger partial charge in [0.2, 0.25) is 0 Å². The van der Waals surface area contributed by atoms with Crippen LogP contribution in [0.5, 0.6) is 0 Å². The van der Waals surface area contributed by atoms with Crippen LogP contribution in [0, 0.1) is 0 Å². The zero-order valence-corrected chi connectivity index (χ0v) is 7.48. The second-order valence-corrected chi connectivity index (χ2v) is 6.11. The Balaban J connectivity index is 3.02. The molecule has 0 aromatic rings. The second kappa shape index (κ2) is 2.44. The molecule has 0 aromatic carbocycles. The number of hydrogen-bond acceptors (Lipinski definition) is 5. The first-order valence-electron chi connectivity index (χ1n) is 2.75. The topological polar surface area (TPSA) is 69.7 Å². The summed E-state index contributed by atoms with van der Waals surface area (Å²) in [6, 6.07) is 0. The van der Waals surface area contributed by atoms with Crippen molar-refractivity contribution in [1.82, 2.24) is 0 Å². The van der Waals surface area contributed by atoms with Crippen LogP contribution in [-0.4, -0.2) is 29.9 Å². The zero-order chi connectivity index (χ0) is 8.70. The Morgan fingerprint density at radius 2 is 1.91 bits per heavy atom. The summed E-state index contributed by atoms with van der Waals surface area (Å²) < 4.78 is 41.5. The summed E-state index contributed by atoms with van der Waals surface area (Å²) in [4.78, 5) is 0. The van der Waals surface area contributed by atoms with E-state index in [4.69, 9.17) is 0 Å². The van der Waals surface area contributed by atoms with Crippen LogP contribution in [0.4, 0.5) is 0 Å².